The van der Waals surface area contributed by atoms with E-state index < -0.39 is 0 Å². The van der Waals surface area contributed by atoms with Gasteiger partial charge in [0.1, 0.15) is 6.54 Å². The summed E-state index contributed by atoms with van der Waals surface area (Å²) in [5, 5.41) is 2.86. The fourth-order valence-electron chi connectivity index (χ4n) is 2.99. The highest BCUT2D eigenvalue weighted by Crippen LogP contribution is 2.22. The largest absolute Gasteiger partial charge is 0.331 e. The second kappa shape index (κ2) is 8.32. The number of hydrogen-bond donors (Lipinski definition) is 1. The SMILES string of the molecule is CC(=O)N(CC(=O)Nc1cccc(Br)c1)C1CCCCCC1. The summed E-state index contributed by atoms with van der Waals surface area (Å²) in [7, 11) is 0. The number of carbonyl (C=O) groups is 2. The topological polar surface area (TPSA) is 49.4 Å². The number of hydrogen-bond acceptors (Lipinski definition) is 2. The predicted octanol–water partition coefficient (Wildman–Crippen LogP) is 3.96. The molecule has 1 fully saturated rings. The Morgan fingerprint density at radius 2 is 1.91 bits per heavy atom. The molecule has 0 atom stereocenters. The molecular weight excluding hydrogens is 344 g/mol. The van der Waals surface area contributed by atoms with Crippen LogP contribution >= 0.6 is 15.9 Å². The average Bonchev–Trinajstić information content (AvgIpc) is 2.73. The van der Waals surface area contributed by atoms with E-state index in [1.807, 2.05) is 24.3 Å². The zero-order chi connectivity index (χ0) is 15.9. The number of benzene rings is 1. The summed E-state index contributed by atoms with van der Waals surface area (Å²) in [5.74, 6) is -0.158. The second-order valence-corrected chi connectivity index (χ2v) is 6.77. The average molecular weight is 367 g/mol. The van der Waals surface area contributed by atoms with Crippen molar-refractivity contribution in [2.45, 2.75) is 51.5 Å². The number of amides is 2. The maximum Gasteiger partial charge on any atom is 0.244 e. The van der Waals surface area contributed by atoms with Crippen LogP contribution in [0.15, 0.2) is 28.7 Å². The molecule has 2 rings (SSSR count). The number of carbonyl (C=O) groups excluding carboxylic acids is 2. The molecule has 0 saturated heterocycles. The van der Waals surface area contributed by atoms with E-state index in [1.165, 1.54) is 12.8 Å². The van der Waals surface area contributed by atoms with Crippen molar-refractivity contribution in [3.8, 4) is 0 Å². The summed E-state index contributed by atoms with van der Waals surface area (Å²) in [6.07, 6.45) is 6.75. The van der Waals surface area contributed by atoms with Gasteiger partial charge in [-0.25, -0.2) is 0 Å². The molecule has 4 nitrogen and oxygen atoms in total. The first-order chi connectivity index (χ1) is 10.6. The van der Waals surface area contributed by atoms with E-state index in [4.69, 9.17) is 0 Å². The molecule has 0 bridgehead atoms. The maximum atomic E-state index is 12.2. The van der Waals surface area contributed by atoms with Crippen LogP contribution in [-0.4, -0.2) is 29.3 Å². The number of rotatable bonds is 4. The fourth-order valence-corrected chi connectivity index (χ4v) is 3.39. The van der Waals surface area contributed by atoms with E-state index >= 15 is 0 Å². The third kappa shape index (κ3) is 5.13. The van der Waals surface area contributed by atoms with Gasteiger partial charge in [-0.05, 0) is 31.0 Å². The van der Waals surface area contributed by atoms with Crippen LogP contribution in [0.5, 0.6) is 0 Å². The van der Waals surface area contributed by atoms with Crippen LogP contribution in [0, 0.1) is 0 Å². The normalized spacial score (nSPS) is 15.9. The molecule has 1 aromatic rings. The molecule has 2 amide bonds. The minimum absolute atomic E-state index is 0.0173. The molecule has 120 valence electrons. The molecule has 0 radical (unpaired) electrons. The van der Waals surface area contributed by atoms with Crippen molar-refractivity contribution in [2.24, 2.45) is 0 Å². The summed E-state index contributed by atoms with van der Waals surface area (Å²) in [6.45, 7) is 1.68. The van der Waals surface area contributed by atoms with E-state index in [0.29, 0.717) is 0 Å². The van der Waals surface area contributed by atoms with Gasteiger partial charge < -0.3 is 10.2 Å². The lowest BCUT2D eigenvalue weighted by molar-refractivity contribution is -0.135. The van der Waals surface area contributed by atoms with Crippen LogP contribution in [0.4, 0.5) is 5.69 Å². The van der Waals surface area contributed by atoms with Gasteiger partial charge in [0, 0.05) is 23.1 Å². The smallest absolute Gasteiger partial charge is 0.244 e. The Bertz CT molecular complexity index is 525. The monoisotopic (exact) mass is 366 g/mol. The molecule has 0 heterocycles. The first-order valence-corrected chi connectivity index (χ1v) is 8.68. The molecule has 1 aliphatic rings. The van der Waals surface area contributed by atoms with E-state index in [0.717, 1.165) is 35.8 Å². The summed E-state index contributed by atoms with van der Waals surface area (Å²) in [4.78, 5) is 25.9. The molecule has 5 heteroatoms. The summed E-state index contributed by atoms with van der Waals surface area (Å²) < 4.78 is 0.914. The van der Waals surface area contributed by atoms with E-state index in [-0.39, 0.29) is 24.4 Å². The lowest BCUT2D eigenvalue weighted by Crippen LogP contribution is -2.43. The minimum atomic E-state index is -0.141. The minimum Gasteiger partial charge on any atom is -0.331 e. The number of anilines is 1. The molecule has 0 unspecified atom stereocenters. The predicted molar refractivity (Wildman–Crippen MR) is 91.6 cm³/mol. The molecule has 0 aliphatic heterocycles. The van der Waals surface area contributed by atoms with Crippen LogP contribution in [0.25, 0.3) is 0 Å². The Kier molecular flexibility index (Phi) is 6.43. The van der Waals surface area contributed by atoms with Gasteiger partial charge in [-0.15, -0.1) is 0 Å². The van der Waals surface area contributed by atoms with Gasteiger partial charge in [0.15, 0.2) is 0 Å². The van der Waals surface area contributed by atoms with E-state index in [2.05, 4.69) is 21.2 Å². The molecular formula is C17H23BrN2O2. The Morgan fingerprint density at radius 1 is 1.23 bits per heavy atom. The molecule has 1 aromatic carbocycles. The maximum absolute atomic E-state index is 12.2. The van der Waals surface area contributed by atoms with Crippen LogP contribution < -0.4 is 5.32 Å². The van der Waals surface area contributed by atoms with E-state index in [1.54, 1.807) is 11.8 Å². The van der Waals surface area contributed by atoms with Gasteiger partial charge in [0.25, 0.3) is 0 Å². The summed E-state index contributed by atoms with van der Waals surface area (Å²) in [6, 6.07) is 7.67. The number of halogens is 1. The van der Waals surface area contributed by atoms with Gasteiger partial charge in [0.05, 0.1) is 0 Å². The Hall–Kier alpha value is -1.36. The van der Waals surface area contributed by atoms with Crippen LogP contribution in [0.1, 0.15) is 45.4 Å². The third-order valence-electron chi connectivity index (χ3n) is 4.09. The van der Waals surface area contributed by atoms with Crippen molar-refractivity contribution in [3.05, 3.63) is 28.7 Å². The number of nitrogens with one attached hydrogen (secondary N) is 1. The van der Waals surface area contributed by atoms with Gasteiger partial charge >= 0.3 is 0 Å². The van der Waals surface area contributed by atoms with Crippen molar-refractivity contribution in [2.75, 3.05) is 11.9 Å². The van der Waals surface area contributed by atoms with Crippen LogP contribution in [0.2, 0.25) is 0 Å². The lowest BCUT2D eigenvalue weighted by atomic mass is 10.1. The Labute approximate surface area is 140 Å². The number of nitrogens with zero attached hydrogens (tertiary/aromatic N) is 1. The zero-order valence-electron chi connectivity index (χ0n) is 13.0. The summed E-state index contributed by atoms with van der Waals surface area (Å²) >= 11 is 3.38. The van der Waals surface area contributed by atoms with E-state index in [9.17, 15) is 9.59 Å². The van der Waals surface area contributed by atoms with Crippen molar-refractivity contribution in [3.63, 3.8) is 0 Å². The van der Waals surface area contributed by atoms with Gasteiger partial charge in [-0.1, -0.05) is 47.7 Å². The third-order valence-corrected chi connectivity index (χ3v) is 4.59. The first-order valence-electron chi connectivity index (χ1n) is 7.89. The quantitative estimate of drug-likeness (QED) is 0.819. The van der Waals surface area contributed by atoms with Crippen molar-refractivity contribution in [1.82, 2.24) is 4.90 Å². The molecule has 1 N–H and O–H groups in total. The summed E-state index contributed by atoms with van der Waals surface area (Å²) in [5.41, 5.74) is 0.740. The zero-order valence-corrected chi connectivity index (χ0v) is 14.6. The van der Waals surface area contributed by atoms with Gasteiger partial charge in [-0.2, -0.15) is 0 Å². The Morgan fingerprint density at radius 3 is 2.50 bits per heavy atom. The molecule has 1 aliphatic carbocycles. The first kappa shape index (κ1) is 17.0. The Balaban J connectivity index is 1.97. The lowest BCUT2D eigenvalue weighted by Gasteiger charge is -2.29. The second-order valence-electron chi connectivity index (χ2n) is 5.85. The van der Waals surface area contributed by atoms with Crippen LogP contribution in [-0.2, 0) is 9.59 Å². The fraction of sp³-hybridized carbons (Fsp3) is 0.529. The highest BCUT2D eigenvalue weighted by Gasteiger charge is 2.24. The van der Waals surface area contributed by atoms with Gasteiger partial charge in [-0.3, -0.25) is 9.59 Å². The molecule has 22 heavy (non-hydrogen) atoms. The molecule has 0 spiro atoms. The molecule has 0 aromatic heterocycles. The van der Waals surface area contributed by atoms with Crippen molar-refractivity contribution in [1.29, 1.82) is 0 Å². The van der Waals surface area contributed by atoms with Crippen molar-refractivity contribution >= 4 is 33.4 Å². The standard InChI is InChI=1S/C17H23BrN2O2/c1-13(21)20(16-9-4-2-3-5-10-16)12-17(22)19-15-8-6-7-14(18)11-15/h6-8,11,16H,2-5,9-10,12H2,1H3,(H,19,22). The van der Waals surface area contributed by atoms with Gasteiger partial charge in [0.2, 0.25) is 11.8 Å². The molecule has 1 saturated carbocycles. The highest BCUT2D eigenvalue weighted by molar-refractivity contribution is 9.10. The highest BCUT2D eigenvalue weighted by atomic mass is 79.9. The van der Waals surface area contributed by atoms with Crippen molar-refractivity contribution < 1.29 is 9.59 Å². The van der Waals surface area contributed by atoms with Crippen LogP contribution in [0.3, 0.4) is 0 Å².